The fourth-order valence-electron chi connectivity index (χ4n) is 3.32. The summed E-state index contributed by atoms with van der Waals surface area (Å²) in [4.78, 5) is 6.49. The Kier molecular flexibility index (Phi) is 6.57. The van der Waals surface area contributed by atoms with E-state index in [4.69, 9.17) is 4.42 Å². The SMILES string of the molecule is C[C@H]1CCCN(S(=O)(=O)c2ccc(-c3nc(C#N)c(NCCN(C)C)o3)cc2)C1. The Morgan fingerprint density at radius 1 is 1.34 bits per heavy atom. The molecule has 0 radical (unpaired) electrons. The maximum absolute atomic E-state index is 12.9. The fourth-order valence-corrected chi connectivity index (χ4v) is 4.91. The third kappa shape index (κ3) is 4.96. The molecule has 29 heavy (non-hydrogen) atoms. The molecule has 156 valence electrons. The van der Waals surface area contributed by atoms with Crippen molar-refractivity contribution in [1.82, 2.24) is 14.2 Å². The average Bonchev–Trinajstić information content (AvgIpc) is 3.11. The van der Waals surface area contributed by atoms with Gasteiger partial charge in [0.1, 0.15) is 6.07 Å². The van der Waals surface area contributed by atoms with Crippen molar-refractivity contribution in [2.75, 3.05) is 45.6 Å². The minimum Gasteiger partial charge on any atom is -0.419 e. The van der Waals surface area contributed by atoms with Gasteiger partial charge in [-0.25, -0.2) is 8.42 Å². The van der Waals surface area contributed by atoms with Crippen LogP contribution in [0.15, 0.2) is 33.6 Å². The van der Waals surface area contributed by atoms with E-state index in [1.54, 1.807) is 28.6 Å². The number of hydrogen-bond donors (Lipinski definition) is 1. The number of anilines is 1. The second-order valence-corrected chi connectivity index (χ2v) is 9.61. The Bertz CT molecular complexity index is 977. The maximum atomic E-state index is 12.9. The highest BCUT2D eigenvalue weighted by Gasteiger charge is 2.28. The van der Waals surface area contributed by atoms with Crippen LogP contribution >= 0.6 is 0 Å². The number of likely N-dealkylation sites (N-methyl/N-ethyl adjacent to an activating group) is 1. The molecule has 1 saturated heterocycles. The molecule has 0 amide bonds. The van der Waals surface area contributed by atoms with E-state index in [9.17, 15) is 13.7 Å². The first-order chi connectivity index (χ1) is 13.8. The molecule has 1 aliphatic rings. The lowest BCUT2D eigenvalue weighted by Crippen LogP contribution is -2.39. The third-order valence-electron chi connectivity index (χ3n) is 4.94. The Balaban J connectivity index is 1.78. The molecular formula is C20H27N5O3S. The number of oxazole rings is 1. The molecule has 1 aromatic heterocycles. The Labute approximate surface area is 172 Å². The normalized spacial score (nSPS) is 18.0. The highest BCUT2D eigenvalue weighted by molar-refractivity contribution is 7.89. The van der Waals surface area contributed by atoms with Crippen LogP contribution in [0.4, 0.5) is 5.88 Å². The van der Waals surface area contributed by atoms with Crippen LogP contribution in [0.2, 0.25) is 0 Å². The van der Waals surface area contributed by atoms with Gasteiger partial charge >= 0.3 is 0 Å². The maximum Gasteiger partial charge on any atom is 0.243 e. The van der Waals surface area contributed by atoms with E-state index in [2.05, 4.69) is 17.2 Å². The summed E-state index contributed by atoms with van der Waals surface area (Å²) in [6, 6.07) is 8.49. The van der Waals surface area contributed by atoms with Gasteiger partial charge in [0.05, 0.1) is 4.90 Å². The monoisotopic (exact) mass is 417 g/mol. The first-order valence-corrected chi connectivity index (χ1v) is 11.2. The first kappa shape index (κ1) is 21.3. The number of nitriles is 1. The van der Waals surface area contributed by atoms with Crippen molar-refractivity contribution in [2.45, 2.75) is 24.7 Å². The van der Waals surface area contributed by atoms with Crippen molar-refractivity contribution in [1.29, 1.82) is 5.26 Å². The van der Waals surface area contributed by atoms with Crippen molar-refractivity contribution < 1.29 is 12.8 Å². The lowest BCUT2D eigenvalue weighted by molar-refractivity contribution is 0.281. The molecule has 1 aliphatic heterocycles. The molecular weight excluding hydrogens is 390 g/mol. The molecule has 1 N–H and O–H groups in total. The zero-order chi connectivity index (χ0) is 21.0. The van der Waals surface area contributed by atoms with Crippen LogP contribution in [0.3, 0.4) is 0 Å². The van der Waals surface area contributed by atoms with Crippen LogP contribution < -0.4 is 5.32 Å². The van der Waals surface area contributed by atoms with Crippen molar-refractivity contribution >= 4 is 15.9 Å². The van der Waals surface area contributed by atoms with Crippen LogP contribution in [-0.4, -0.2) is 62.9 Å². The van der Waals surface area contributed by atoms with Crippen LogP contribution in [0.25, 0.3) is 11.5 Å². The zero-order valence-corrected chi connectivity index (χ0v) is 17.9. The second kappa shape index (κ2) is 8.95. The molecule has 2 aromatic rings. The van der Waals surface area contributed by atoms with Crippen LogP contribution in [0.5, 0.6) is 0 Å². The standard InChI is InChI=1S/C20H27N5O3S/c1-15-5-4-11-25(14-15)29(26,27)17-8-6-16(7-9-17)19-23-18(13-21)20(28-19)22-10-12-24(2)3/h6-9,15,22H,4-5,10-12,14H2,1-3H3/t15-/m0/s1. The van der Waals surface area contributed by atoms with Gasteiger partial charge in [0.15, 0.2) is 0 Å². The summed E-state index contributed by atoms with van der Waals surface area (Å²) in [5.74, 6) is 0.973. The number of nitrogens with zero attached hydrogens (tertiary/aromatic N) is 4. The topological polar surface area (TPSA) is 102 Å². The molecule has 0 spiro atoms. The van der Waals surface area contributed by atoms with Crippen molar-refractivity contribution in [3.05, 3.63) is 30.0 Å². The quantitative estimate of drug-likeness (QED) is 0.739. The molecule has 1 aromatic carbocycles. The van der Waals surface area contributed by atoms with E-state index < -0.39 is 10.0 Å². The number of hydrogen-bond acceptors (Lipinski definition) is 7. The van der Waals surface area contributed by atoms with Gasteiger partial charge < -0.3 is 14.6 Å². The molecule has 2 heterocycles. The van der Waals surface area contributed by atoms with E-state index in [0.717, 1.165) is 19.4 Å². The van der Waals surface area contributed by atoms with Gasteiger partial charge in [-0.15, -0.1) is 0 Å². The number of aromatic nitrogens is 1. The highest BCUT2D eigenvalue weighted by atomic mass is 32.2. The minimum atomic E-state index is -3.51. The van der Waals surface area contributed by atoms with Gasteiger partial charge in [-0.05, 0) is 57.1 Å². The molecule has 0 bridgehead atoms. The molecule has 3 rings (SSSR count). The predicted octanol–water partition coefficient (Wildman–Crippen LogP) is 2.61. The third-order valence-corrected chi connectivity index (χ3v) is 6.82. The molecule has 0 aliphatic carbocycles. The van der Waals surface area contributed by atoms with Gasteiger partial charge in [0, 0.05) is 31.7 Å². The van der Waals surface area contributed by atoms with E-state index in [1.165, 1.54) is 0 Å². The lowest BCUT2D eigenvalue weighted by Gasteiger charge is -2.30. The highest BCUT2D eigenvalue weighted by Crippen LogP contribution is 2.28. The molecule has 0 saturated carbocycles. The molecule has 1 fully saturated rings. The van der Waals surface area contributed by atoms with E-state index in [-0.39, 0.29) is 16.5 Å². The van der Waals surface area contributed by atoms with Crippen molar-refractivity contribution in [3.8, 4) is 17.5 Å². The number of benzene rings is 1. The smallest absolute Gasteiger partial charge is 0.243 e. The molecule has 1 atom stereocenters. The number of sulfonamides is 1. The Morgan fingerprint density at radius 3 is 2.69 bits per heavy atom. The largest absolute Gasteiger partial charge is 0.419 e. The molecule has 0 unspecified atom stereocenters. The number of rotatable bonds is 7. The number of nitrogens with one attached hydrogen (secondary N) is 1. The van der Waals surface area contributed by atoms with Crippen LogP contribution in [-0.2, 0) is 10.0 Å². The van der Waals surface area contributed by atoms with Gasteiger partial charge in [-0.1, -0.05) is 6.92 Å². The summed E-state index contributed by atoms with van der Waals surface area (Å²) in [5.41, 5.74) is 0.797. The van der Waals surface area contributed by atoms with Crippen LogP contribution in [0.1, 0.15) is 25.5 Å². The van der Waals surface area contributed by atoms with Gasteiger partial charge in [0.2, 0.25) is 27.5 Å². The summed E-state index contributed by atoms with van der Waals surface area (Å²) in [7, 11) is 0.406. The summed E-state index contributed by atoms with van der Waals surface area (Å²) < 4.78 is 33.0. The average molecular weight is 418 g/mol. The van der Waals surface area contributed by atoms with E-state index in [1.807, 2.05) is 25.1 Å². The van der Waals surface area contributed by atoms with Gasteiger partial charge in [-0.3, -0.25) is 0 Å². The minimum absolute atomic E-state index is 0.178. The summed E-state index contributed by atoms with van der Waals surface area (Å²) in [6.45, 7) is 4.58. The van der Waals surface area contributed by atoms with Crippen molar-refractivity contribution in [2.24, 2.45) is 5.92 Å². The van der Waals surface area contributed by atoms with Gasteiger partial charge in [0.25, 0.3) is 0 Å². The Morgan fingerprint density at radius 2 is 2.07 bits per heavy atom. The number of piperidine rings is 1. The van der Waals surface area contributed by atoms with Crippen LogP contribution in [0, 0.1) is 17.2 Å². The molecule has 9 heteroatoms. The van der Waals surface area contributed by atoms with E-state index in [0.29, 0.717) is 37.0 Å². The predicted molar refractivity (Wildman–Crippen MR) is 111 cm³/mol. The second-order valence-electron chi connectivity index (χ2n) is 7.67. The summed E-state index contributed by atoms with van der Waals surface area (Å²) >= 11 is 0. The van der Waals surface area contributed by atoms with Crippen molar-refractivity contribution in [3.63, 3.8) is 0 Å². The Hall–Kier alpha value is -2.41. The zero-order valence-electron chi connectivity index (χ0n) is 17.1. The van der Waals surface area contributed by atoms with E-state index >= 15 is 0 Å². The summed E-state index contributed by atoms with van der Waals surface area (Å²) in [6.07, 6.45) is 1.94. The first-order valence-electron chi connectivity index (χ1n) is 9.71. The summed E-state index contributed by atoms with van der Waals surface area (Å²) in [5, 5.41) is 12.4. The van der Waals surface area contributed by atoms with Gasteiger partial charge in [-0.2, -0.15) is 14.6 Å². The fraction of sp³-hybridized carbons (Fsp3) is 0.500. The lowest BCUT2D eigenvalue weighted by atomic mass is 10.0. The molecule has 8 nitrogen and oxygen atoms in total.